The van der Waals surface area contributed by atoms with E-state index in [1.165, 1.54) is 22.5 Å². The summed E-state index contributed by atoms with van der Waals surface area (Å²) >= 11 is 0. The van der Waals surface area contributed by atoms with Gasteiger partial charge in [0.2, 0.25) is 0 Å². The molecule has 2 aromatic rings. The van der Waals surface area contributed by atoms with Gasteiger partial charge in [-0.1, -0.05) is 71.9 Å². The van der Waals surface area contributed by atoms with E-state index in [1.54, 1.807) is 0 Å². The quantitative estimate of drug-likeness (QED) is 0.295. The van der Waals surface area contributed by atoms with E-state index >= 15 is 0 Å². The van der Waals surface area contributed by atoms with Gasteiger partial charge in [0.05, 0.1) is 18.3 Å². The van der Waals surface area contributed by atoms with Crippen LogP contribution >= 0.6 is 0 Å². The third kappa shape index (κ3) is 4.45. The molecular weight excluding hydrogens is 364 g/mol. The number of allylic oxidation sites excluding steroid dienone is 1. The summed E-state index contributed by atoms with van der Waals surface area (Å²) in [5.41, 5.74) is -0.0557. The lowest BCUT2D eigenvalue weighted by molar-refractivity contribution is -0.140. The number of hydrogen-bond acceptors (Lipinski definition) is 3. The van der Waals surface area contributed by atoms with Crippen LogP contribution in [-0.2, 0) is 14.3 Å². The van der Waals surface area contributed by atoms with E-state index in [-0.39, 0.29) is 17.7 Å². The molecule has 0 amide bonds. The molecule has 0 saturated carbocycles. The van der Waals surface area contributed by atoms with Crippen molar-refractivity contribution in [2.24, 2.45) is 0 Å². The fraction of sp³-hybridized carbons (Fsp3) is 0.375. The summed E-state index contributed by atoms with van der Waals surface area (Å²) in [7, 11) is -2.22. The van der Waals surface area contributed by atoms with Crippen molar-refractivity contribution in [1.29, 1.82) is 0 Å². The molecule has 0 bridgehead atoms. The van der Waals surface area contributed by atoms with Gasteiger partial charge in [0.25, 0.3) is 0 Å². The van der Waals surface area contributed by atoms with Crippen LogP contribution in [0.15, 0.2) is 71.9 Å². The Hall–Kier alpha value is -2.17. The SMILES string of the molecule is CC(=O)OCC/C=C(\C)[Si](C[C@@H]1OC1(C)C)(c1ccccc1)c1ccccc1. The second-order valence-electron chi connectivity index (χ2n) is 8.07. The maximum absolute atomic E-state index is 11.1. The number of esters is 1. The average Bonchev–Trinajstić information content (AvgIpc) is 3.30. The molecule has 148 valence electrons. The first kappa shape index (κ1) is 20.6. The number of carbonyl (C=O) groups is 1. The van der Waals surface area contributed by atoms with Gasteiger partial charge in [-0.05, 0) is 43.6 Å². The maximum atomic E-state index is 11.1. The number of benzene rings is 2. The Labute approximate surface area is 169 Å². The summed E-state index contributed by atoms with van der Waals surface area (Å²) in [6.45, 7) is 8.47. The van der Waals surface area contributed by atoms with Crippen molar-refractivity contribution in [3.8, 4) is 0 Å². The third-order valence-corrected chi connectivity index (χ3v) is 10.9. The van der Waals surface area contributed by atoms with Crippen LogP contribution in [0.5, 0.6) is 0 Å². The molecule has 3 rings (SSSR count). The number of epoxide rings is 1. The van der Waals surface area contributed by atoms with Crippen LogP contribution in [0.2, 0.25) is 6.04 Å². The molecule has 1 aliphatic heterocycles. The highest BCUT2D eigenvalue weighted by Gasteiger charge is 2.54. The first-order valence-corrected chi connectivity index (χ1v) is 12.2. The normalized spacial score (nSPS) is 18.6. The third-order valence-electron chi connectivity index (χ3n) is 5.74. The average molecular weight is 395 g/mol. The smallest absolute Gasteiger partial charge is 0.302 e. The van der Waals surface area contributed by atoms with Gasteiger partial charge < -0.3 is 9.47 Å². The Morgan fingerprint density at radius 1 is 1.04 bits per heavy atom. The Morgan fingerprint density at radius 3 is 1.96 bits per heavy atom. The summed E-state index contributed by atoms with van der Waals surface area (Å²) in [6, 6.07) is 22.7. The summed E-state index contributed by atoms with van der Waals surface area (Å²) in [6.07, 6.45) is 3.26. The fourth-order valence-corrected chi connectivity index (χ4v) is 9.20. The minimum atomic E-state index is -2.22. The zero-order valence-electron chi connectivity index (χ0n) is 17.3. The van der Waals surface area contributed by atoms with Gasteiger partial charge in [-0.2, -0.15) is 0 Å². The van der Waals surface area contributed by atoms with Crippen LogP contribution in [0.4, 0.5) is 0 Å². The molecule has 0 spiro atoms. The second-order valence-corrected chi connectivity index (χ2v) is 12.2. The van der Waals surface area contributed by atoms with Crippen molar-refractivity contribution in [2.75, 3.05) is 6.61 Å². The summed E-state index contributed by atoms with van der Waals surface area (Å²) in [5.74, 6) is -0.228. The molecule has 3 nitrogen and oxygen atoms in total. The van der Waals surface area contributed by atoms with Crippen LogP contribution < -0.4 is 10.4 Å². The number of ether oxygens (including phenoxy) is 2. The molecule has 28 heavy (non-hydrogen) atoms. The van der Waals surface area contributed by atoms with Gasteiger partial charge >= 0.3 is 5.97 Å². The van der Waals surface area contributed by atoms with Crippen LogP contribution in [0, 0.1) is 0 Å². The van der Waals surface area contributed by atoms with Crippen molar-refractivity contribution >= 4 is 24.4 Å². The monoisotopic (exact) mass is 394 g/mol. The molecular formula is C24H30O3Si. The van der Waals surface area contributed by atoms with Gasteiger partial charge in [-0.15, -0.1) is 0 Å². The van der Waals surface area contributed by atoms with E-state index in [9.17, 15) is 4.79 Å². The summed E-state index contributed by atoms with van der Waals surface area (Å²) in [5, 5.41) is 4.19. The lowest BCUT2D eigenvalue weighted by Gasteiger charge is -2.34. The Morgan fingerprint density at radius 2 is 1.54 bits per heavy atom. The van der Waals surface area contributed by atoms with E-state index in [0.717, 1.165) is 12.5 Å². The van der Waals surface area contributed by atoms with Crippen molar-refractivity contribution in [3.05, 3.63) is 71.9 Å². The van der Waals surface area contributed by atoms with Crippen LogP contribution in [0.1, 0.15) is 34.1 Å². The predicted octanol–water partition coefficient (Wildman–Crippen LogP) is 3.87. The minimum Gasteiger partial charge on any atom is -0.466 e. The van der Waals surface area contributed by atoms with Crippen LogP contribution in [-0.4, -0.2) is 32.4 Å². The molecule has 1 heterocycles. The summed E-state index contributed by atoms with van der Waals surface area (Å²) in [4.78, 5) is 11.1. The fourth-order valence-electron chi connectivity index (χ4n) is 4.01. The molecule has 0 aromatic heterocycles. The molecule has 0 unspecified atom stereocenters. The van der Waals surface area contributed by atoms with E-state index in [4.69, 9.17) is 9.47 Å². The molecule has 4 heteroatoms. The molecule has 2 aromatic carbocycles. The van der Waals surface area contributed by atoms with Crippen molar-refractivity contribution in [1.82, 2.24) is 0 Å². The lowest BCUT2D eigenvalue weighted by Crippen LogP contribution is -2.60. The van der Waals surface area contributed by atoms with Gasteiger partial charge in [0.1, 0.15) is 8.07 Å². The van der Waals surface area contributed by atoms with Crippen LogP contribution in [0.3, 0.4) is 0 Å². The number of carbonyl (C=O) groups excluding carboxylic acids is 1. The van der Waals surface area contributed by atoms with Crippen molar-refractivity contribution in [2.45, 2.75) is 51.9 Å². The lowest BCUT2D eigenvalue weighted by atomic mass is 10.2. The van der Waals surface area contributed by atoms with Crippen LogP contribution in [0.25, 0.3) is 0 Å². The highest BCUT2D eigenvalue weighted by atomic mass is 28.3. The zero-order chi connectivity index (χ0) is 20.2. The van der Waals surface area contributed by atoms with Gasteiger partial charge in [-0.3, -0.25) is 4.79 Å². The molecule has 0 N–H and O–H groups in total. The van der Waals surface area contributed by atoms with E-state index in [0.29, 0.717) is 6.61 Å². The van der Waals surface area contributed by atoms with Crippen molar-refractivity contribution in [3.63, 3.8) is 0 Å². The second kappa shape index (κ2) is 8.46. The Balaban J connectivity index is 2.05. The van der Waals surface area contributed by atoms with Gasteiger partial charge in [0, 0.05) is 6.92 Å². The molecule has 1 fully saturated rings. The first-order chi connectivity index (χ1) is 13.4. The number of rotatable bonds is 8. The van der Waals surface area contributed by atoms with Gasteiger partial charge in [0.15, 0.2) is 0 Å². The minimum absolute atomic E-state index is 0.0557. The topological polar surface area (TPSA) is 38.8 Å². The molecule has 1 aliphatic rings. The maximum Gasteiger partial charge on any atom is 0.302 e. The van der Waals surface area contributed by atoms with Gasteiger partial charge in [-0.25, -0.2) is 0 Å². The van der Waals surface area contributed by atoms with E-state index in [2.05, 4.69) is 87.5 Å². The molecule has 0 aliphatic carbocycles. The highest BCUT2D eigenvalue weighted by molar-refractivity contribution is 7.07. The first-order valence-electron chi connectivity index (χ1n) is 9.96. The predicted molar refractivity (Wildman–Crippen MR) is 117 cm³/mol. The largest absolute Gasteiger partial charge is 0.466 e. The highest BCUT2D eigenvalue weighted by Crippen LogP contribution is 2.42. The molecule has 1 saturated heterocycles. The summed E-state index contributed by atoms with van der Waals surface area (Å²) < 4.78 is 11.2. The standard InChI is InChI=1S/C24H30O3Si/c1-19(12-11-17-26-20(2)25)28(18-23-24(3,4)27-23,21-13-7-5-8-14-21)22-15-9-6-10-16-22/h5-10,12-16,23H,11,17-18H2,1-4H3/b19-12+/t23-/m0/s1. The zero-order valence-corrected chi connectivity index (χ0v) is 18.3. The number of hydrogen-bond donors (Lipinski definition) is 0. The molecule has 1 atom stereocenters. The van der Waals surface area contributed by atoms with Crippen molar-refractivity contribution < 1.29 is 14.3 Å². The Kier molecular flexibility index (Phi) is 6.21. The Bertz CT molecular complexity index is 788. The molecule has 0 radical (unpaired) electrons. The van der Waals surface area contributed by atoms with E-state index < -0.39 is 8.07 Å². The van der Waals surface area contributed by atoms with E-state index in [1.807, 2.05) is 0 Å².